The van der Waals surface area contributed by atoms with Gasteiger partial charge in [-0.2, -0.15) is 4.68 Å². The zero-order chi connectivity index (χ0) is 12.6. The summed E-state index contributed by atoms with van der Waals surface area (Å²) in [7, 11) is 3.80. The molecule has 0 unspecified atom stereocenters. The molecule has 0 aliphatic carbocycles. The maximum Gasteiger partial charge on any atom is 0.238 e. The number of alkyl halides is 3. The lowest BCUT2D eigenvalue weighted by atomic mass is 10.1. The van der Waals surface area contributed by atoms with Crippen molar-refractivity contribution in [3.05, 3.63) is 42.1 Å². The predicted molar refractivity (Wildman–Crippen MR) is 71.3 cm³/mol. The Balaban J connectivity index is 2.59. The molecule has 5 heteroatoms. The molecule has 0 aliphatic heterocycles. The molecule has 0 aliphatic rings. The number of benzene rings is 1. The third-order valence-corrected chi connectivity index (χ3v) is 3.36. The van der Waals surface area contributed by atoms with Crippen LogP contribution in [0.1, 0.15) is 5.69 Å². The van der Waals surface area contributed by atoms with E-state index in [0.29, 0.717) is 5.69 Å². The quantitative estimate of drug-likeness (QED) is 0.563. The lowest BCUT2D eigenvalue weighted by Crippen LogP contribution is -2.40. The molecule has 1 aromatic heterocycles. The Morgan fingerprint density at radius 2 is 1.71 bits per heavy atom. The van der Waals surface area contributed by atoms with Crippen molar-refractivity contribution in [3.63, 3.8) is 0 Å². The van der Waals surface area contributed by atoms with Gasteiger partial charge in [-0.05, 0) is 12.1 Å². The smallest absolute Gasteiger partial charge is 0.156 e. The normalized spacial score (nSPS) is 11.8. The second kappa shape index (κ2) is 4.52. The van der Waals surface area contributed by atoms with E-state index >= 15 is 0 Å². The fraction of sp³-hybridized carbons (Fsp3) is 0.250. The molecule has 0 radical (unpaired) electrons. The first kappa shape index (κ1) is 12.7. The van der Waals surface area contributed by atoms with Gasteiger partial charge < -0.3 is 0 Å². The Kier molecular flexibility index (Phi) is 3.39. The fourth-order valence-corrected chi connectivity index (χ4v) is 2.31. The van der Waals surface area contributed by atoms with Crippen LogP contribution in [0.2, 0.25) is 0 Å². The Labute approximate surface area is 115 Å². The Morgan fingerprint density at radius 1 is 1.12 bits per heavy atom. The molecule has 0 N–H and O–H groups in total. The molecule has 90 valence electrons. The van der Waals surface area contributed by atoms with E-state index in [0.717, 1.165) is 11.3 Å². The van der Waals surface area contributed by atoms with Gasteiger partial charge in [-0.15, -0.1) is 4.68 Å². The maximum absolute atomic E-state index is 5.93. The van der Waals surface area contributed by atoms with Gasteiger partial charge in [0, 0.05) is 11.6 Å². The van der Waals surface area contributed by atoms with Gasteiger partial charge in [0.1, 0.15) is 5.69 Å². The van der Waals surface area contributed by atoms with Crippen molar-refractivity contribution in [2.24, 2.45) is 14.1 Å². The Bertz CT molecular complexity index is 527. The molecule has 2 rings (SSSR count). The first-order valence-electron chi connectivity index (χ1n) is 5.10. The number of halogens is 3. The summed E-state index contributed by atoms with van der Waals surface area (Å²) >= 11 is 17.8. The van der Waals surface area contributed by atoms with E-state index in [9.17, 15) is 0 Å². The van der Waals surface area contributed by atoms with Crippen LogP contribution in [-0.2, 0) is 17.9 Å². The molecule has 2 nitrogen and oxygen atoms in total. The zero-order valence-corrected chi connectivity index (χ0v) is 11.8. The van der Waals surface area contributed by atoms with E-state index in [1.807, 2.05) is 59.9 Å². The van der Waals surface area contributed by atoms with Crippen molar-refractivity contribution in [2.45, 2.75) is 3.79 Å². The minimum Gasteiger partial charge on any atom is -0.156 e. The van der Waals surface area contributed by atoms with Crippen LogP contribution in [0.3, 0.4) is 0 Å². The highest BCUT2D eigenvalue weighted by atomic mass is 35.6. The summed E-state index contributed by atoms with van der Waals surface area (Å²) in [4.78, 5) is 0. The van der Waals surface area contributed by atoms with Gasteiger partial charge in [-0.3, -0.25) is 0 Å². The third-order valence-electron chi connectivity index (χ3n) is 2.78. The standard InChI is InChI=1S/C12H12Cl3N2/c1-16-10(9-6-4-3-5-7-9)8-11(17(16)2)12(13,14)15/h3-8H,1-2H3/q+1. The van der Waals surface area contributed by atoms with Crippen LogP contribution >= 0.6 is 34.8 Å². The minimum atomic E-state index is -1.42. The van der Waals surface area contributed by atoms with Gasteiger partial charge >= 0.3 is 0 Å². The largest absolute Gasteiger partial charge is 0.238 e. The molecule has 0 saturated carbocycles. The van der Waals surface area contributed by atoms with E-state index in [-0.39, 0.29) is 0 Å². The summed E-state index contributed by atoms with van der Waals surface area (Å²) in [5, 5.41) is 0. The summed E-state index contributed by atoms with van der Waals surface area (Å²) in [6, 6.07) is 11.9. The molecule has 0 spiro atoms. The van der Waals surface area contributed by atoms with Gasteiger partial charge in [-0.25, -0.2) is 0 Å². The number of nitrogens with zero attached hydrogens (tertiary/aromatic N) is 2. The highest BCUT2D eigenvalue weighted by Gasteiger charge is 2.32. The van der Waals surface area contributed by atoms with Crippen molar-refractivity contribution in [1.82, 2.24) is 4.68 Å². The van der Waals surface area contributed by atoms with Crippen molar-refractivity contribution in [3.8, 4) is 11.3 Å². The minimum absolute atomic E-state index is 0.642. The van der Waals surface area contributed by atoms with Crippen LogP contribution in [0.15, 0.2) is 36.4 Å². The number of hydrogen-bond donors (Lipinski definition) is 0. The van der Waals surface area contributed by atoms with Gasteiger partial charge in [0.25, 0.3) is 0 Å². The van der Waals surface area contributed by atoms with Crippen LogP contribution in [0.4, 0.5) is 0 Å². The maximum atomic E-state index is 5.93. The molecule has 0 atom stereocenters. The number of aromatic nitrogens is 2. The zero-order valence-electron chi connectivity index (χ0n) is 9.49. The first-order valence-corrected chi connectivity index (χ1v) is 6.23. The molecule has 17 heavy (non-hydrogen) atoms. The summed E-state index contributed by atoms with van der Waals surface area (Å²) in [6.45, 7) is 0. The third kappa shape index (κ3) is 2.44. The highest BCUT2D eigenvalue weighted by molar-refractivity contribution is 6.66. The lowest BCUT2D eigenvalue weighted by Gasteiger charge is -2.07. The molecule has 0 bridgehead atoms. The monoisotopic (exact) mass is 289 g/mol. The van der Waals surface area contributed by atoms with Crippen molar-refractivity contribution >= 4 is 34.8 Å². The fourth-order valence-electron chi connectivity index (χ4n) is 1.78. The highest BCUT2D eigenvalue weighted by Crippen LogP contribution is 2.38. The van der Waals surface area contributed by atoms with E-state index in [2.05, 4.69) is 0 Å². The average molecular weight is 291 g/mol. The molecule has 0 amide bonds. The van der Waals surface area contributed by atoms with E-state index in [1.54, 1.807) is 0 Å². The van der Waals surface area contributed by atoms with Gasteiger partial charge in [-0.1, -0.05) is 53.0 Å². The summed E-state index contributed by atoms with van der Waals surface area (Å²) < 4.78 is 2.36. The molecule has 0 fully saturated rings. The van der Waals surface area contributed by atoms with Crippen molar-refractivity contribution in [2.75, 3.05) is 0 Å². The van der Waals surface area contributed by atoms with Crippen LogP contribution in [0.5, 0.6) is 0 Å². The van der Waals surface area contributed by atoms with Crippen LogP contribution in [0.25, 0.3) is 11.3 Å². The van der Waals surface area contributed by atoms with Crippen molar-refractivity contribution in [1.29, 1.82) is 0 Å². The molecular formula is C12H12Cl3N2+. The van der Waals surface area contributed by atoms with E-state index in [1.165, 1.54) is 0 Å². The number of hydrogen-bond acceptors (Lipinski definition) is 0. The predicted octanol–water partition coefficient (Wildman–Crippen LogP) is 3.34. The van der Waals surface area contributed by atoms with E-state index < -0.39 is 3.79 Å². The Morgan fingerprint density at radius 3 is 2.18 bits per heavy atom. The van der Waals surface area contributed by atoms with Crippen LogP contribution < -0.4 is 4.68 Å². The first-order chi connectivity index (χ1) is 7.91. The average Bonchev–Trinajstić information content (AvgIpc) is 2.57. The molecular weight excluding hydrogens is 279 g/mol. The van der Waals surface area contributed by atoms with Gasteiger partial charge in [0.05, 0.1) is 7.05 Å². The van der Waals surface area contributed by atoms with Gasteiger partial charge in [0.15, 0.2) is 7.05 Å². The number of rotatable bonds is 1. The lowest BCUT2D eigenvalue weighted by molar-refractivity contribution is -0.741. The summed E-state index contributed by atoms with van der Waals surface area (Å²) in [6.07, 6.45) is 0. The topological polar surface area (TPSA) is 8.81 Å². The summed E-state index contributed by atoms with van der Waals surface area (Å²) in [5.41, 5.74) is 2.74. The van der Waals surface area contributed by atoms with Crippen LogP contribution in [0, 0.1) is 0 Å². The SMILES string of the molecule is Cn1c(C(Cl)(Cl)Cl)cc(-c2ccccc2)[n+]1C. The second-order valence-electron chi connectivity index (χ2n) is 3.83. The Hall–Kier alpha value is -0.700. The molecule has 1 aromatic carbocycles. The van der Waals surface area contributed by atoms with Crippen molar-refractivity contribution < 1.29 is 4.68 Å². The molecule has 2 aromatic rings. The van der Waals surface area contributed by atoms with Crippen LogP contribution in [-0.4, -0.2) is 4.68 Å². The summed E-state index contributed by atoms with van der Waals surface area (Å²) in [5.74, 6) is 0. The second-order valence-corrected chi connectivity index (χ2v) is 6.11. The molecule has 0 saturated heterocycles. The van der Waals surface area contributed by atoms with Gasteiger partial charge in [0.2, 0.25) is 9.49 Å². The van der Waals surface area contributed by atoms with E-state index in [4.69, 9.17) is 34.8 Å². The molecule has 1 heterocycles.